The normalized spacial score (nSPS) is 14.5. The Morgan fingerprint density at radius 1 is 0.738 bits per heavy atom. The van der Waals surface area contributed by atoms with E-state index < -0.39 is 7.12 Å². The molecule has 7 rings (SSSR count). The topological polar surface area (TPSA) is 115 Å². The van der Waals surface area contributed by atoms with Gasteiger partial charge in [-0.2, -0.15) is 0 Å². The quantitative estimate of drug-likeness (QED) is 0.212. The van der Waals surface area contributed by atoms with Gasteiger partial charge >= 0.3 is 7.12 Å². The van der Waals surface area contributed by atoms with Crippen molar-refractivity contribution in [2.24, 2.45) is 9.98 Å². The predicted octanol–water partition coefficient (Wildman–Crippen LogP) is 4.30. The molecule has 0 radical (unpaired) electrons. The molecule has 0 amide bonds. The lowest BCUT2D eigenvalue weighted by Gasteiger charge is -2.23. The lowest BCUT2D eigenvalue weighted by atomic mass is 9.78. The summed E-state index contributed by atoms with van der Waals surface area (Å²) in [5.74, 6) is 1.72. The second-order valence-corrected chi connectivity index (χ2v) is 11.1. The zero-order valence-corrected chi connectivity index (χ0v) is 23.8. The molecule has 42 heavy (non-hydrogen) atoms. The highest BCUT2D eigenvalue weighted by Gasteiger charge is 2.28. The molecule has 0 saturated carbocycles. The maximum atomic E-state index is 9.70. The monoisotopic (exact) mass is 560 g/mol. The van der Waals surface area contributed by atoms with E-state index in [0.29, 0.717) is 5.46 Å². The van der Waals surface area contributed by atoms with Crippen molar-refractivity contribution >= 4 is 45.8 Å². The van der Waals surface area contributed by atoms with Crippen LogP contribution >= 0.6 is 0 Å². The van der Waals surface area contributed by atoms with Crippen molar-refractivity contribution in [2.75, 3.05) is 27.3 Å². The number of H-pyrrole nitrogens is 2. The number of aromatic nitrogens is 2. The highest BCUT2D eigenvalue weighted by Crippen LogP contribution is 2.36. The molecule has 5 aromatic rings. The molecule has 3 aromatic carbocycles. The van der Waals surface area contributed by atoms with Gasteiger partial charge in [0.2, 0.25) is 0 Å². The van der Waals surface area contributed by atoms with Crippen molar-refractivity contribution in [2.45, 2.75) is 31.6 Å². The predicted molar refractivity (Wildman–Crippen MR) is 168 cm³/mol. The number of aromatic amines is 2. The van der Waals surface area contributed by atoms with E-state index in [1.54, 1.807) is 26.4 Å². The number of methoxy groups -OCH3 is 2. The highest BCUT2D eigenvalue weighted by atomic mass is 16.5. The average Bonchev–Trinajstić information content (AvgIpc) is 3.59. The van der Waals surface area contributed by atoms with Crippen LogP contribution in [-0.2, 0) is 12.8 Å². The van der Waals surface area contributed by atoms with E-state index in [0.717, 1.165) is 89.7 Å². The lowest BCUT2D eigenvalue weighted by Crippen LogP contribution is -2.29. The molecule has 0 unspecified atom stereocenters. The maximum Gasteiger partial charge on any atom is 0.488 e. The van der Waals surface area contributed by atoms with Crippen molar-refractivity contribution in [3.63, 3.8) is 0 Å². The zero-order valence-electron chi connectivity index (χ0n) is 23.8. The van der Waals surface area contributed by atoms with Crippen LogP contribution in [0.1, 0.15) is 46.8 Å². The number of ether oxygens (including phenoxy) is 2. The van der Waals surface area contributed by atoms with Gasteiger partial charge in [0.15, 0.2) is 0 Å². The first kappa shape index (κ1) is 26.6. The van der Waals surface area contributed by atoms with Crippen molar-refractivity contribution in [1.82, 2.24) is 9.97 Å². The third-order valence-electron chi connectivity index (χ3n) is 8.72. The second kappa shape index (κ2) is 10.8. The minimum absolute atomic E-state index is 0.0752. The third kappa shape index (κ3) is 4.68. The lowest BCUT2D eigenvalue weighted by molar-refractivity contribution is 0.415. The number of aliphatic imine (C=N–C) groups is 2. The summed E-state index contributed by atoms with van der Waals surface area (Å²) < 4.78 is 10.9. The van der Waals surface area contributed by atoms with Gasteiger partial charge in [0, 0.05) is 47.0 Å². The number of hydrogen-bond donors (Lipinski definition) is 4. The molecule has 0 saturated heterocycles. The first-order chi connectivity index (χ1) is 20.5. The van der Waals surface area contributed by atoms with E-state index >= 15 is 0 Å². The fourth-order valence-corrected chi connectivity index (χ4v) is 6.55. The van der Waals surface area contributed by atoms with E-state index in [1.165, 1.54) is 21.9 Å². The molecule has 0 atom stereocenters. The summed E-state index contributed by atoms with van der Waals surface area (Å²) >= 11 is 0. The largest absolute Gasteiger partial charge is 0.497 e. The van der Waals surface area contributed by atoms with E-state index in [1.807, 2.05) is 36.4 Å². The number of hydrogen-bond acceptors (Lipinski definition) is 6. The first-order valence-electron chi connectivity index (χ1n) is 14.4. The Labute approximate surface area is 244 Å². The summed E-state index contributed by atoms with van der Waals surface area (Å²) in [5.41, 5.74) is 10.6. The van der Waals surface area contributed by atoms with E-state index in [2.05, 4.69) is 22.1 Å². The van der Waals surface area contributed by atoms with Crippen LogP contribution in [-0.4, -0.2) is 65.9 Å². The van der Waals surface area contributed by atoms with Crippen molar-refractivity contribution in [1.29, 1.82) is 0 Å². The molecular weight excluding hydrogens is 527 g/mol. The Hall–Kier alpha value is -4.34. The molecule has 2 aliphatic rings. The van der Waals surface area contributed by atoms with Gasteiger partial charge in [0.25, 0.3) is 0 Å². The average molecular weight is 560 g/mol. The number of fused-ring (bicyclic) bond motifs is 6. The van der Waals surface area contributed by atoms with Gasteiger partial charge in [-0.05, 0) is 78.0 Å². The molecular formula is C33H33BN4O4. The third-order valence-corrected chi connectivity index (χ3v) is 8.72. The molecule has 212 valence electrons. The molecule has 4 heterocycles. The van der Waals surface area contributed by atoms with Crippen LogP contribution in [0.3, 0.4) is 0 Å². The summed E-state index contributed by atoms with van der Waals surface area (Å²) in [6.45, 7) is 1.50. The Balaban J connectivity index is 1.26. The van der Waals surface area contributed by atoms with Crippen LogP contribution in [0.4, 0.5) is 0 Å². The summed E-state index contributed by atoms with van der Waals surface area (Å²) in [6.07, 6.45) is 3.24. The SMILES string of the molecule is COc1ccc2c3c([nH]c2c1)C(CC(CC1=NCCc2c1[nH]c1cc(OC)ccc21)c1ccc(B(O)O)cc1)=NCC3. The summed E-state index contributed by atoms with van der Waals surface area (Å²) in [4.78, 5) is 17.3. The number of benzene rings is 3. The van der Waals surface area contributed by atoms with Crippen LogP contribution in [0.25, 0.3) is 21.8 Å². The van der Waals surface area contributed by atoms with Gasteiger partial charge < -0.3 is 29.5 Å². The fraction of sp³-hybridized carbons (Fsp3) is 0.273. The number of nitrogens with zero attached hydrogens (tertiary/aromatic N) is 2. The summed E-state index contributed by atoms with van der Waals surface area (Å²) in [7, 11) is 1.87. The molecule has 4 N–H and O–H groups in total. The van der Waals surface area contributed by atoms with Gasteiger partial charge in [-0.25, -0.2) is 0 Å². The van der Waals surface area contributed by atoms with E-state index in [9.17, 15) is 10.0 Å². The van der Waals surface area contributed by atoms with E-state index in [-0.39, 0.29) is 5.92 Å². The van der Waals surface area contributed by atoms with Crippen LogP contribution in [0.2, 0.25) is 0 Å². The van der Waals surface area contributed by atoms with Crippen molar-refractivity contribution < 1.29 is 19.5 Å². The molecule has 8 nitrogen and oxygen atoms in total. The van der Waals surface area contributed by atoms with Crippen LogP contribution in [0, 0.1) is 0 Å². The Kier molecular flexibility index (Phi) is 6.84. The van der Waals surface area contributed by atoms with Gasteiger partial charge in [-0.15, -0.1) is 0 Å². The molecule has 9 heteroatoms. The molecule has 0 bridgehead atoms. The van der Waals surface area contributed by atoms with Crippen molar-refractivity contribution in [3.05, 3.63) is 88.7 Å². The summed E-state index contributed by atoms with van der Waals surface area (Å²) in [5, 5.41) is 21.8. The minimum atomic E-state index is -1.50. The van der Waals surface area contributed by atoms with Gasteiger partial charge in [-0.3, -0.25) is 9.98 Å². The number of rotatable bonds is 8. The molecule has 2 aliphatic heterocycles. The Morgan fingerprint density at radius 3 is 1.69 bits per heavy atom. The standard InChI is InChI=1S/C33H33BN4O4/c1-41-22-7-9-24-26-11-13-35-30(32(26)37-28(24)17-22)15-20(19-3-5-21(6-4-19)34(39)40)16-31-33-27(12-14-36-31)25-10-8-23(42-2)18-29(25)38-33/h3-10,17-18,20,37-40H,11-16H2,1-2H3. The van der Waals surface area contributed by atoms with Crippen LogP contribution in [0.15, 0.2) is 70.6 Å². The van der Waals surface area contributed by atoms with E-state index in [4.69, 9.17) is 19.5 Å². The number of nitrogens with one attached hydrogen (secondary N) is 2. The van der Waals surface area contributed by atoms with Crippen LogP contribution < -0.4 is 14.9 Å². The zero-order chi connectivity index (χ0) is 28.8. The Bertz CT molecular complexity index is 1740. The highest BCUT2D eigenvalue weighted by molar-refractivity contribution is 6.58. The Morgan fingerprint density at radius 2 is 1.24 bits per heavy atom. The molecule has 0 fully saturated rings. The van der Waals surface area contributed by atoms with Crippen LogP contribution in [0.5, 0.6) is 11.5 Å². The van der Waals surface area contributed by atoms with Gasteiger partial charge in [0.05, 0.1) is 37.0 Å². The summed E-state index contributed by atoms with van der Waals surface area (Å²) in [6, 6.07) is 20.0. The molecule has 0 aliphatic carbocycles. The minimum Gasteiger partial charge on any atom is -0.497 e. The van der Waals surface area contributed by atoms with Crippen molar-refractivity contribution in [3.8, 4) is 11.5 Å². The van der Waals surface area contributed by atoms with Gasteiger partial charge in [-0.1, -0.05) is 24.3 Å². The first-order valence-corrected chi connectivity index (χ1v) is 14.4. The second-order valence-electron chi connectivity index (χ2n) is 11.1. The fourth-order valence-electron chi connectivity index (χ4n) is 6.55. The molecule has 0 spiro atoms. The maximum absolute atomic E-state index is 9.70. The smallest absolute Gasteiger partial charge is 0.488 e. The molecule has 2 aromatic heterocycles. The van der Waals surface area contributed by atoms with Gasteiger partial charge in [0.1, 0.15) is 11.5 Å².